The van der Waals surface area contributed by atoms with E-state index in [1.807, 2.05) is 0 Å². The number of hydrogen-bond donors (Lipinski definition) is 2. The van der Waals surface area contributed by atoms with Gasteiger partial charge in [-0.3, -0.25) is 0 Å². The highest BCUT2D eigenvalue weighted by Crippen LogP contribution is 2.32. The molecular formula is C10H20O4. The molecule has 2 N–H and O–H groups in total. The highest BCUT2D eigenvalue weighted by Gasteiger charge is 2.36. The van der Waals surface area contributed by atoms with E-state index in [9.17, 15) is 0 Å². The molecule has 2 fully saturated rings. The van der Waals surface area contributed by atoms with Crippen molar-refractivity contribution in [3.8, 4) is 0 Å². The van der Waals surface area contributed by atoms with Gasteiger partial charge in [-0.2, -0.15) is 0 Å². The van der Waals surface area contributed by atoms with E-state index in [2.05, 4.69) is 0 Å². The summed E-state index contributed by atoms with van der Waals surface area (Å²) in [5, 5.41) is 16.9. The zero-order chi connectivity index (χ0) is 10.6. The van der Waals surface area contributed by atoms with Crippen molar-refractivity contribution in [1.82, 2.24) is 0 Å². The molecule has 0 radical (unpaired) electrons. The van der Waals surface area contributed by atoms with E-state index in [-0.39, 0.29) is 0 Å². The molecule has 2 aliphatic carbocycles. The predicted octanol–water partition coefficient (Wildman–Crippen LogP) is 0.0272. The molecule has 2 saturated carbocycles. The first-order chi connectivity index (χ1) is 6.76. The Labute approximate surface area is 84.8 Å². The molecule has 0 spiro atoms. The monoisotopic (exact) mass is 204 g/mol. The van der Waals surface area contributed by atoms with Crippen LogP contribution in [0.1, 0.15) is 12.8 Å². The minimum atomic E-state index is 0.290. The van der Waals surface area contributed by atoms with E-state index < -0.39 is 0 Å². The molecule has 4 heteroatoms. The Morgan fingerprint density at radius 1 is 0.929 bits per heavy atom. The van der Waals surface area contributed by atoms with Crippen molar-refractivity contribution >= 4 is 0 Å². The van der Waals surface area contributed by atoms with Crippen LogP contribution in [0.5, 0.6) is 0 Å². The molecular weight excluding hydrogens is 184 g/mol. The molecule has 0 saturated heterocycles. The maximum absolute atomic E-state index is 8.43. The topological polar surface area (TPSA) is 58.9 Å². The lowest BCUT2D eigenvalue weighted by molar-refractivity contribution is 0.150. The Hall–Kier alpha value is -0.160. The second-order valence-electron chi connectivity index (χ2n) is 3.91. The number of rotatable bonds is 4. The summed E-state index contributed by atoms with van der Waals surface area (Å²) in [6, 6.07) is 0. The van der Waals surface area contributed by atoms with Gasteiger partial charge in [-0.25, -0.2) is 0 Å². The minimum Gasteiger partial charge on any atom is -0.396 e. The van der Waals surface area contributed by atoms with Gasteiger partial charge in [0.1, 0.15) is 0 Å². The Morgan fingerprint density at radius 2 is 1.29 bits per heavy atom. The maximum Gasteiger partial charge on any atom is 0.0626 e. The molecule has 0 aromatic rings. The van der Waals surface area contributed by atoms with Crippen molar-refractivity contribution in [3.63, 3.8) is 0 Å². The van der Waals surface area contributed by atoms with Crippen LogP contribution in [0.2, 0.25) is 0 Å². The summed E-state index contributed by atoms with van der Waals surface area (Å²) in [6.45, 7) is 0.580. The van der Waals surface area contributed by atoms with Crippen LogP contribution in [-0.4, -0.2) is 49.9 Å². The summed E-state index contributed by atoms with van der Waals surface area (Å²) in [6.07, 6.45) is 2.83. The Morgan fingerprint density at radius 3 is 1.36 bits per heavy atom. The number of methoxy groups -OCH3 is 2. The highest BCUT2D eigenvalue weighted by atomic mass is 16.5. The van der Waals surface area contributed by atoms with Gasteiger partial charge in [0.15, 0.2) is 0 Å². The quantitative estimate of drug-likeness (QED) is 0.678. The zero-order valence-corrected chi connectivity index (χ0v) is 8.85. The normalized spacial score (nSPS) is 38.6. The van der Waals surface area contributed by atoms with Crippen molar-refractivity contribution < 1.29 is 19.7 Å². The first-order valence-electron chi connectivity index (χ1n) is 5.04. The van der Waals surface area contributed by atoms with Crippen LogP contribution in [0.25, 0.3) is 0 Å². The molecule has 2 aliphatic rings. The summed E-state index contributed by atoms with van der Waals surface area (Å²) in [5.74, 6) is 0.898. The Balaban J connectivity index is 0.000000140. The number of aliphatic hydroxyl groups excluding tert-OH is 2. The van der Waals surface area contributed by atoms with E-state index in [4.69, 9.17) is 19.7 Å². The molecule has 4 nitrogen and oxygen atoms in total. The van der Waals surface area contributed by atoms with Gasteiger partial charge >= 0.3 is 0 Å². The fourth-order valence-corrected chi connectivity index (χ4v) is 1.40. The first kappa shape index (κ1) is 11.9. The molecule has 4 atom stereocenters. The third kappa shape index (κ3) is 3.53. The van der Waals surface area contributed by atoms with Crippen LogP contribution < -0.4 is 0 Å². The van der Waals surface area contributed by atoms with Crippen molar-refractivity contribution in [2.45, 2.75) is 25.0 Å². The fourth-order valence-electron chi connectivity index (χ4n) is 1.40. The first-order valence-corrected chi connectivity index (χ1v) is 5.04. The van der Waals surface area contributed by atoms with Gasteiger partial charge in [-0.15, -0.1) is 0 Å². The summed E-state index contributed by atoms with van der Waals surface area (Å²) < 4.78 is 9.81. The molecule has 84 valence electrons. The van der Waals surface area contributed by atoms with Crippen LogP contribution in [-0.2, 0) is 9.47 Å². The van der Waals surface area contributed by atoms with Gasteiger partial charge in [0.2, 0.25) is 0 Å². The van der Waals surface area contributed by atoms with Crippen LogP contribution in [0, 0.1) is 11.8 Å². The molecule has 0 amide bonds. The average molecular weight is 204 g/mol. The summed E-state index contributed by atoms with van der Waals surface area (Å²) in [4.78, 5) is 0. The van der Waals surface area contributed by atoms with Crippen LogP contribution in [0.3, 0.4) is 0 Å². The molecule has 0 aliphatic heterocycles. The van der Waals surface area contributed by atoms with Crippen LogP contribution in [0.15, 0.2) is 0 Å². The largest absolute Gasteiger partial charge is 0.396 e. The highest BCUT2D eigenvalue weighted by molar-refractivity contribution is 4.86. The van der Waals surface area contributed by atoms with Crippen molar-refractivity contribution in [2.24, 2.45) is 11.8 Å². The SMILES string of the molecule is CO[C@@H]1C[C@H]1CO.CO[C@H]1C[C@@H]1CO. The maximum atomic E-state index is 8.43. The van der Waals surface area contributed by atoms with Gasteiger partial charge in [-0.05, 0) is 12.8 Å². The summed E-state index contributed by atoms with van der Waals surface area (Å²) in [7, 11) is 3.36. The van der Waals surface area contributed by atoms with Crippen LogP contribution in [0.4, 0.5) is 0 Å². The second-order valence-corrected chi connectivity index (χ2v) is 3.91. The molecule has 2 rings (SSSR count). The summed E-state index contributed by atoms with van der Waals surface area (Å²) in [5.41, 5.74) is 0. The van der Waals surface area contributed by atoms with E-state index in [1.165, 1.54) is 0 Å². The third-order valence-electron chi connectivity index (χ3n) is 2.79. The number of ether oxygens (including phenoxy) is 2. The van der Waals surface area contributed by atoms with Crippen molar-refractivity contribution in [3.05, 3.63) is 0 Å². The standard InChI is InChI=1S/2C5H10O2/c2*1-7-5-2-4(5)3-6/h2*4-6H,2-3H2,1H3/t2*4-,5+/m10/s1. The Bertz CT molecular complexity index is 128. The molecule has 0 heterocycles. The van der Waals surface area contributed by atoms with Crippen LogP contribution >= 0.6 is 0 Å². The molecule has 0 aromatic heterocycles. The Kier molecular flexibility index (Phi) is 4.81. The number of aliphatic hydroxyl groups is 2. The predicted molar refractivity (Wildman–Crippen MR) is 52.0 cm³/mol. The number of hydrogen-bond acceptors (Lipinski definition) is 4. The van der Waals surface area contributed by atoms with E-state index >= 15 is 0 Å². The van der Waals surface area contributed by atoms with Gasteiger partial charge < -0.3 is 19.7 Å². The van der Waals surface area contributed by atoms with E-state index in [1.54, 1.807) is 14.2 Å². The third-order valence-corrected chi connectivity index (χ3v) is 2.79. The van der Waals surface area contributed by atoms with Gasteiger partial charge in [0, 0.05) is 39.3 Å². The lowest BCUT2D eigenvalue weighted by Crippen LogP contribution is -1.94. The minimum absolute atomic E-state index is 0.290. The van der Waals surface area contributed by atoms with Gasteiger partial charge in [-0.1, -0.05) is 0 Å². The van der Waals surface area contributed by atoms with Gasteiger partial charge in [0.25, 0.3) is 0 Å². The van der Waals surface area contributed by atoms with Gasteiger partial charge in [0.05, 0.1) is 12.2 Å². The zero-order valence-electron chi connectivity index (χ0n) is 8.85. The lowest BCUT2D eigenvalue weighted by Gasteiger charge is -1.88. The molecule has 0 aromatic carbocycles. The smallest absolute Gasteiger partial charge is 0.0626 e. The van der Waals surface area contributed by atoms with E-state index in [0.29, 0.717) is 37.3 Å². The van der Waals surface area contributed by atoms with E-state index in [0.717, 1.165) is 12.8 Å². The summed E-state index contributed by atoms with van der Waals surface area (Å²) >= 11 is 0. The average Bonchev–Trinajstić information content (AvgIpc) is 3.12. The molecule has 14 heavy (non-hydrogen) atoms. The molecule has 0 unspecified atom stereocenters. The van der Waals surface area contributed by atoms with Crippen molar-refractivity contribution in [1.29, 1.82) is 0 Å². The second kappa shape index (κ2) is 5.66. The molecule has 0 bridgehead atoms. The fraction of sp³-hybridized carbons (Fsp3) is 1.00. The van der Waals surface area contributed by atoms with Crippen molar-refractivity contribution in [2.75, 3.05) is 27.4 Å². The lowest BCUT2D eigenvalue weighted by atomic mass is 10.5.